The van der Waals surface area contributed by atoms with Gasteiger partial charge in [0.25, 0.3) is 0 Å². The average molecular weight is 480 g/mol. The summed E-state index contributed by atoms with van der Waals surface area (Å²) in [5, 5.41) is 10.8. The van der Waals surface area contributed by atoms with Gasteiger partial charge in [0.05, 0.1) is 35.1 Å². The molecule has 1 aromatic carbocycles. The highest BCUT2D eigenvalue weighted by Crippen LogP contribution is 2.37. The highest BCUT2D eigenvalue weighted by molar-refractivity contribution is 6.35. The van der Waals surface area contributed by atoms with E-state index in [-0.39, 0.29) is 6.17 Å². The summed E-state index contributed by atoms with van der Waals surface area (Å²) in [4.78, 5) is 11.2. The minimum atomic E-state index is -0.257. The normalized spacial score (nSPS) is 16.1. The van der Waals surface area contributed by atoms with E-state index in [4.69, 9.17) is 38.4 Å². The zero-order valence-corrected chi connectivity index (χ0v) is 19.4. The first kappa shape index (κ1) is 21.7. The van der Waals surface area contributed by atoms with Crippen LogP contribution in [0.3, 0.4) is 0 Å². The molecule has 4 aromatic rings. The van der Waals surface area contributed by atoms with E-state index in [1.165, 1.54) is 0 Å². The van der Waals surface area contributed by atoms with E-state index in [2.05, 4.69) is 14.9 Å². The van der Waals surface area contributed by atoms with E-state index in [1.807, 2.05) is 59.3 Å². The van der Waals surface area contributed by atoms with Crippen molar-refractivity contribution in [3.8, 4) is 28.5 Å². The molecule has 1 unspecified atom stereocenters. The van der Waals surface area contributed by atoms with E-state index >= 15 is 0 Å². The van der Waals surface area contributed by atoms with Gasteiger partial charge in [-0.3, -0.25) is 9.97 Å². The number of piperazine rings is 1. The number of anilines is 1. The van der Waals surface area contributed by atoms with E-state index in [0.29, 0.717) is 40.3 Å². The van der Waals surface area contributed by atoms with Gasteiger partial charge in [-0.15, -0.1) is 0 Å². The molecule has 4 heterocycles. The second kappa shape index (κ2) is 9.39. The lowest BCUT2D eigenvalue weighted by atomic mass is 10.2. The van der Waals surface area contributed by atoms with Crippen LogP contribution >= 0.6 is 23.2 Å². The maximum atomic E-state index is 6.88. The van der Waals surface area contributed by atoms with Crippen molar-refractivity contribution in [2.75, 3.05) is 31.6 Å². The van der Waals surface area contributed by atoms with Crippen molar-refractivity contribution in [3.63, 3.8) is 0 Å². The number of ether oxygens (including phenoxy) is 1. The summed E-state index contributed by atoms with van der Waals surface area (Å²) in [5.74, 6) is 0.641. The van der Waals surface area contributed by atoms with E-state index < -0.39 is 0 Å². The summed E-state index contributed by atoms with van der Waals surface area (Å²) >= 11 is 13.1. The van der Waals surface area contributed by atoms with Gasteiger partial charge in [-0.05, 0) is 36.4 Å². The number of aromatic nitrogens is 4. The van der Waals surface area contributed by atoms with Gasteiger partial charge in [-0.2, -0.15) is 5.10 Å². The Labute approximate surface area is 201 Å². The number of hydrogen-bond acceptors (Lipinski definition) is 5. The third-order valence-electron chi connectivity index (χ3n) is 5.54. The molecule has 167 valence electrons. The van der Waals surface area contributed by atoms with Crippen LogP contribution in [0.25, 0.3) is 22.8 Å². The van der Waals surface area contributed by atoms with Crippen molar-refractivity contribution < 1.29 is 4.74 Å². The van der Waals surface area contributed by atoms with Gasteiger partial charge in [0.2, 0.25) is 0 Å². The third kappa shape index (κ3) is 4.27. The molecule has 0 N–H and O–H groups in total. The van der Waals surface area contributed by atoms with Gasteiger partial charge in [-0.25, -0.2) is 10.00 Å². The molecule has 0 saturated carbocycles. The van der Waals surface area contributed by atoms with Crippen molar-refractivity contribution in [1.29, 1.82) is 0 Å². The topological polar surface area (TPSA) is 70.2 Å². The molecule has 1 aliphatic heterocycles. The molecule has 0 bridgehead atoms. The highest BCUT2D eigenvalue weighted by atomic mass is 35.5. The quantitative estimate of drug-likeness (QED) is 0.405. The molecule has 1 radical (unpaired) electrons. The first-order chi connectivity index (χ1) is 16.2. The molecule has 3 aromatic heterocycles. The van der Waals surface area contributed by atoms with E-state index in [0.717, 1.165) is 23.6 Å². The first-order valence-electron chi connectivity index (χ1n) is 10.5. The standard InChI is InChI=1S/C24H21Cl2N6O/c1-33-20-14-16(8-9-17(20)25)31-13-12-29-21(15-31)32-24(19-7-3-5-11-28-19)22(26)23(30-32)18-6-2-4-10-27-18/h2-11,14,21H,12-13,15H2,1H3. The SMILES string of the molecule is COc1cc(N2CC[N]C(n3nc(-c4ccccn4)c(Cl)c3-c3ccccn3)C2)ccc1Cl. The number of hydrogen-bond donors (Lipinski definition) is 0. The summed E-state index contributed by atoms with van der Waals surface area (Å²) in [6.45, 7) is 2.04. The summed E-state index contributed by atoms with van der Waals surface area (Å²) in [7, 11) is 1.61. The maximum absolute atomic E-state index is 6.88. The Bertz CT molecular complexity index is 1250. The van der Waals surface area contributed by atoms with Crippen LogP contribution in [0.1, 0.15) is 6.17 Å². The zero-order chi connectivity index (χ0) is 22.8. The summed E-state index contributed by atoms with van der Waals surface area (Å²) in [5.41, 5.74) is 3.78. The molecule has 1 saturated heterocycles. The largest absolute Gasteiger partial charge is 0.495 e. The Morgan fingerprint density at radius 3 is 2.42 bits per heavy atom. The molecular weight excluding hydrogens is 459 g/mol. The molecule has 33 heavy (non-hydrogen) atoms. The Kier molecular flexibility index (Phi) is 6.17. The zero-order valence-electron chi connectivity index (χ0n) is 17.9. The van der Waals surface area contributed by atoms with Crippen LogP contribution in [-0.2, 0) is 0 Å². The average Bonchev–Trinajstić information content (AvgIpc) is 3.22. The molecule has 1 fully saturated rings. The Morgan fingerprint density at radius 2 is 1.73 bits per heavy atom. The van der Waals surface area contributed by atoms with E-state index in [1.54, 1.807) is 19.5 Å². The van der Waals surface area contributed by atoms with Crippen molar-refractivity contribution in [3.05, 3.63) is 77.0 Å². The molecule has 5 rings (SSSR count). The smallest absolute Gasteiger partial charge is 0.139 e. The molecule has 0 aliphatic carbocycles. The van der Waals surface area contributed by atoms with Crippen molar-refractivity contribution in [2.24, 2.45) is 0 Å². The lowest BCUT2D eigenvalue weighted by Gasteiger charge is -2.35. The lowest BCUT2D eigenvalue weighted by Crippen LogP contribution is -2.45. The molecule has 0 spiro atoms. The van der Waals surface area contributed by atoms with Gasteiger partial charge < -0.3 is 9.64 Å². The van der Waals surface area contributed by atoms with Gasteiger partial charge in [0.15, 0.2) is 0 Å². The van der Waals surface area contributed by atoms with Crippen LogP contribution < -0.4 is 15.0 Å². The Morgan fingerprint density at radius 1 is 0.970 bits per heavy atom. The van der Waals surface area contributed by atoms with Crippen LogP contribution in [-0.4, -0.2) is 46.5 Å². The molecular formula is C24H21Cl2N6O. The molecule has 1 aliphatic rings. The predicted octanol–water partition coefficient (Wildman–Crippen LogP) is 4.95. The van der Waals surface area contributed by atoms with Crippen LogP contribution in [0.15, 0.2) is 67.0 Å². The highest BCUT2D eigenvalue weighted by Gasteiger charge is 2.29. The number of benzene rings is 1. The first-order valence-corrected chi connectivity index (χ1v) is 11.3. The molecule has 0 amide bonds. The fraction of sp³-hybridized carbons (Fsp3) is 0.208. The molecule has 9 heteroatoms. The predicted molar refractivity (Wildman–Crippen MR) is 130 cm³/mol. The van der Waals surface area contributed by atoms with Crippen LogP contribution in [0.4, 0.5) is 5.69 Å². The van der Waals surface area contributed by atoms with Crippen molar-refractivity contribution in [1.82, 2.24) is 25.1 Å². The Hall–Kier alpha value is -3.13. The minimum absolute atomic E-state index is 0.257. The second-order valence-corrected chi connectivity index (χ2v) is 8.32. The molecule has 7 nitrogen and oxygen atoms in total. The minimum Gasteiger partial charge on any atom is -0.495 e. The van der Waals surface area contributed by atoms with Crippen LogP contribution in [0.2, 0.25) is 10.0 Å². The number of nitrogens with zero attached hydrogens (tertiary/aromatic N) is 6. The fourth-order valence-electron chi connectivity index (χ4n) is 3.94. The fourth-order valence-corrected chi connectivity index (χ4v) is 4.45. The second-order valence-electron chi connectivity index (χ2n) is 7.54. The summed E-state index contributed by atoms with van der Waals surface area (Å²) in [6, 6.07) is 17.2. The number of rotatable bonds is 5. The van der Waals surface area contributed by atoms with Crippen LogP contribution in [0, 0.1) is 0 Å². The summed E-state index contributed by atoms with van der Waals surface area (Å²) < 4.78 is 7.27. The van der Waals surface area contributed by atoms with Gasteiger partial charge in [-0.1, -0.05) is 35.3 Å². The van der Waals surface area contributed by atoms with E-state index in [9.17, 15) is 0 Å². The van der Waals surface area contributed by atoms with Crippen molar-refractivity contribution >= 4 is 28.9 Å². The van der Waals surface area contributed by atoms with Crippen molar-refractivity contribution in [2.45, 2.75) is 6.17 Å². The van der Waals surface area contributed by atoms with Gasteiger partial charge >= 0.3 is 0 Å². The Balaban J connectivity index is 1.55. The van der Waals surface area contributed by atoms with Gasteiger partial charge in [0, 0.05) is 37.2 Å². The monoisotopic (exact) mass is 479 g/mol. The lowest BCUT2D eigenvalue weighted by molar-refractivity contribution is 0.336. The maximum Gasteiger partial charge on any atom is 0.139 e. The molecule has 1 atom stereocenters. The number of halogens is 2. The third-order valence-corrected chi connectivity index (χ3v) is 6.21. The van der Waals surface area contributed by atoms with Gasteiger partial charge in [0.1, 0.15) is 23.3 Å². The number of methoxy groups -OCH3 is 1. The number of pyridine rings is 2. The summed E-state index contributed by atoms with van der Waals surface area (Å²) in [6.07, 6.45) is 3.21. The van der Waals surface area contributed by atoms with Crippen LogP contribution in [0.5, 0.6) is 5.75 Å².